The van der Waals surface area contributed by atoms with Crippen LogP contribution >= 0.6 is 23.4 Å². The fourth-order valence-corrected chi connectivity index (χ4v) is 4.21. The number of halogens is 1. The van der Waals surface area contributed by atoms with Crippen LogP contribution in [0.4, 0.5) is 0 Å². The van der Waals surface area contributed by atoms with Crippen molar-refractivity contribution in [1.82, 2.24) is 10.2 Å². The largest absolute Gasteiger partial charge is 0.497 e. The Labute approximate surface area is 194 Å². The quantitative estimate of drug-likeness (QED) is 0.349. The molecule has 168 valence electrons. The zero-order chi connectivity index (χ0) is 22.6. The third-order valence-corrected chi connectivity index (χ3v) is 6.22. The third kappa shape index (κ3) is 8.11. The van der Waals surface area contributed by atoms with Gasteiger partial charge in [-0.05, 0) is 67.5 Å². The molecule has 2 amide bonds. The van der Waals surface area contributed by atoms with Gasteiger partial charge in [0.25, 0.3) is 0 Å². The molecule has 0 bridgehead atoms. The Balaban J connectivity index is 2.03. The lowest BCUT2D eigenvalue weighted by atomic mass is 10.1. The third-order valence-electron chi connectivity index (χ3n) is 4.87. The van der Waals surface area contributed by atoms with Gasteiger partial charge in [-0.2, -0.15) is 0 Å². The highest BCUT2D eigenvalue weighted by Gasteiger charge is 2.27. The number of amides is 2. The van der Waals surface area contributed by atoms with E-state index in [1.165, 1.54) is 0 Å². The van der Waals surface area contributed by atoms with Crippen molar-refractivity contribution >= 4 is 35.2 Å². The number of rotatable bonds is 12. The van der Waals surface area contributed by atoms with Crippen molar-refractivity contribution in [2.24, 2.45) is 0 Å². The van der Waals surface area contributed by atoms with Crippen molar-refractivity contribution in [3.05, 3.63) is 59.1 Å². The first-order valence-corrected chi connectivity index (χ1v) is 11.9. The van der Waals surface area contributed by atoms with Crippen LogP contribution in [-0.2, 0) is 16.1 Å². The number of nitrogens with one attached hydrogen (secondary N) is 1. The van der Waals surface area contributed by atoms with Gasteiger partial charge in [-0.15, -0.1) is 11.8 Å². The fourth-order valence-electron chi connectivity index (χ4n) is 3.23. The molecule has 1 N–H and O–H groups in total. The molecule has 2 aromatic rings. The molecule has 0 unspecified atom stereocenters. The number of carbonyl (C=O) groups excluding carboxylic acids is 2. The van der Waals surface area contributed by atoms with Gasteiger partial charge in [0.15, 0.2) is 0 Å². The zero-order valence-corrected chi connectivity index (χ0v) is 20.0. The summed E-state index contributed by atoms with van der Waals surface area (Å²) in [5.41, 5.74) is 0.965. The van der Waals surface area contributed by atoms with Crippen LogP contribution in [0, 0.1) is 0 Å². The van der Waals surface area contributed by atoms with Crippen molar-refractivity contribution < 1.29 is 14.3 Å². The molecule has 0 aliphatic carbocycles. The maximum absolute atomic E-state index is 13.1. The summed E-state index contributed by atoms with van der Waals surface area (Å²) in [6, 6.07) is 14.8. The Kier molecular flexibility index (Phi) is 10.7. The molecule has 5 nitrogen and oxygen atoms in total. The number of carbonyl (C=O) groups is 2. The molecule has 2 rings (SSSR count). The van der Waals surface area contributed by atoms with Crippen molar-refractivity contribution in [2.75, 3.05) is 19.4 Å². The van der Waals surface area contributed by atoms with E-state index in [4.69, 9.17) is 16.3 Å². The Morgan fingerprint density at radius 3 is 2.35 bits per heavy atom. The lowest BCUT2D eigenvalue weighted by molar-refractivity contribution is -0.141. The molecule has 0 fully saturated rings. The Bertz CT molecular complexity index is 828. The summed E-state index contributed by atoms with van der Waals surface area (Å²) in [6.45, 7) is 4.75. The highest BCUT2D eigenvalue weighted by Crippen LogP contribution is 2.22. The molecule has 31 heavy (non-hydrogen) atoms. The number of hydrogen-bond acceptors (Lipinski definition) is 4. The van der Waals surface area contributed by atoms with Crippen LogP contribution in [0.5, 0.6) is 5.75 Å². The monoisotopic (exact) mass is 462 g/mol. The molecule has 0 saturated carbocycles. The number of likely N-dealkylation sites (N-methyl/N-ethyl adjacent to an activating group) is 1. The maximum Gasteiger partial charge on any atom is 0.242 e. The van der Waals surface area contributed by atoms with Crippen molar-refractivity contribution in [3.63, 3.8) is 0 Å². The summed E-state index contributed by atoms with van der Waals surface area (Å²) in [4.78, 5) is 28.6. The van der Waals surface area contributed by atoms with Gasteiger partial charge in [-0.1, -0.05) is 30.7 Å². The first kappa shape index (κ1) is 25.1. The smallest absolute Gasteiger partial charge is 0.242 e. The van der Waals surface area contributed by atoms with Crippen LogP contribution in [0.3, 0.4) is 0 Å². The second-order valence-electron chi connectivity index (χ2n) is 7.09. The summed E-state index contributed by atoms with van der Waals surface area (Å²) in [5, 5.41) is 3.57. The molecule has 0 spiro atoms. The Morgan fingerprint density at radius 1 is 1.10 bits per heavy atom. The van der Waals surface area contributed by atoms with E-state index in [0.29, 0.717) is 31.0 Å². The minimum atomic E-state index is -0.488. The van der Waals surface area contributed by atoms with E-state index in [2.05, 4.69) is 5.32 Å². The van der Waals surface area contributed by atoms with E-state index >= 15 is 0 Å². The van der Waals surface area contributed by atoms with Crippen LogP contribution in [-0.4, -0.2) is 42.2 Å². The molecular formula is C24H31ClN2O3S. The van der Waals surface area contributed by atoms with E-state index in [0.717, 1.165) is 28.4 Å². The van der Waals surface area contributed by atoms with Crippen LogP contribution in [0.25, 0.3) is 0 Å². The topological polar surface area (TPSA) is 58.6 Å². The lowest BCUT2D eigenvalue weighted by Crippen LogP contribution is -2.49. The molecule has 1 atom stereocenters. The Morgan fingerprint density at radius 2 is 1.77 bits per heavy atom. The van der Waals surface area contributed by atoms with Crippen LogP contribution in [0.2, 0.25) is 5.02 Å². The maximum atomic E-state index is 13.1. The van der Waals surface area contributed by atoms with Gasteiger partial charge in [0.2, 0.25) is 11.8 Å². The van der Waals surface area contributed by atoms with Gasteiger partial charge >= 0.3 is 0 Å². The molecule has 2 aromatic carbocycles. The van der Waals surface area contributed by atoms with E-state index in [9.17, 15) is 9.59 Å². The molecule has 0 aliphatic rings. The summed E-state index contributed by atoms with van der Waals surface area (Å²) >= 11 is 7.62. The zero-order valence-electron chi connectivity index (χ0n) is 18.4. The molecule has 0 radical (unpaired) electrons. The van der Waals surface area contributed by atoms with Gasteiger partial charge in [0.05, 0.1) is 7.11 Å². The average Bonchev–Trinajstić information content (AvgIpc) is 2.78. The highest BCUT2D eigenvalue weighted by atomic mass is 35.5. The average molecular weight is 463 g/mol. The second kappa shape index (κ2) is 13.3. The molecule has 7 heteroatoms. The number of benzene rings is 2. The van der Waals surface area contributed by atoms with E-state index in [1.807, 2.05) is 62.4 Å². The first-order chi connectivity index (χ1) is 15.0. The normalized spacial score (nSPS) is 11.6. The van der Waals surface area contributed by atoms with Crippen molar-refractivity contribution in [1.29, 1.82) is 0 Å². The van der Waals surface area contributed by atoms with Gasteiger partial charge in [-0.3, -0.25) is 9.59 Å². The minimum Gasteiger partial charge on any atom is -0.497 e. The van der Waals surface area contributed by atoms with E-state index in [-0.39, 0.29) is 11.8 Å². The molecule has 0 heterocycles. The minimum absolute atomic E-state index is 0.00868. The number of nitrogens with zero attached hydrogens (tertiary/aromatic N) is 1. The SMILES string of the molecule is CCNC(=O)[C@@H](CC)N(Cc1ccc(OC)cc1)C(=O)CCCSc1ccc(Cl)cc1. The molecule has 0 aromatic heterocycles. The second-order valence-corrected chi connectivity index (χ2v) is 8.70. The predicted octanol–water partition coefficient (Wildman–Crippen LogP) is 5.16. The summed E-state index contributed by atoms with van der Waals surface area (Å²) in [5.74, 6) is 1.46. The van der Waals surface area contributed by atoms with Crippen LogP contribution < -0.4 is 10.1 Å². The lowest BCUT2D eigenvalue weighted by Gasteiger charge is -2.30. The van der Waals surface area contributed by atoms with E-state index in [1.54, 1.807) is 23.8 Å². The van der Waals surface area contributed by atoms with Gasteiger partial charge in [0.1, 0.15) is 11.8 Å². The van der Waals surface area contributed by atoms with Crippen LogP contribution in [0.15, 0.2) is 53.4 Å². The first-order valence-electron chi connectivity index (χ1n) is 10.6. The molecular weight excluding hydrogens is 432 g/mol. The number of methoxy groups -OCH3 is 1. The van der Waals surface area contributed by atoms with Gasteiger partial charge < -0.3 is 15.0 Å². The fraction of sp³-hybridized carbons (Fsp3) is 0.417. The number of ether oxygens (including phenoxy) is 1. The van der Waals surface area contributed by atoms with E-state index < -0.39 is 6.04 Å². The summed E-state index contributed by atoms with van der Waals surface area (Å²) in [6.07, 6.45) is 1.69. The standard InChI is InChI=1S/C24H31ClN2O3S/c1-4-22(24(29)26-5-2)27(17-18-8-12-20(30-3)13-9-18)23(28)7-6-16-31-21-14-10-19(25)11-15-21/h8-15,22H,4-7,16-17H2,1-3H3,(H,26,29)/t22-/m1/s1. The van der Waals surface area contributed by atoms with Crippen molar-refractivity contribution in [2.45, 2.75) is 50.6 Å². The van der Waals surface area contributed by atoms with Crippen LogP contribution in [0.1, 0.15) is 38.7 Å². The number of thioether (sulfide) groups is 1. The summed E-state index contributed by atoms with van der Waals surface area (Å²) < 4.78 is 5.21. The number of hydrogen-bond donors (Lipinski definition) is 1. The van der Waals surface area contributed by atoms with Gasteiger partial charge in [0, 0.05) is 29.4 Å². The Hall–Kier alpha value is -2.18. The molecule has 0 saturated heterocycles. The van der Waals surface area contributed by atoms with Gasteiger partial charge in [-0.25, -0.2) is 0 Å². The summed E-state index contributed by atoms with van der Waals surface area (Å²) in [7, 11) is 1.62. The molecule has 0 aliphatic heterocycles. The highest BCUT2D eigenvalue weighted by molar-refractivity contribution is 7.99. The van der Waals surface area contributed by atoms with Crippen molar-refractivity contribution in [3.8, 4) is 5.75 Å². The predicted molar refractivity (Wildman–Crippen MR) is 128 cm³/mol.